The molecule has 1 N–H and O–H groups in total. The lowest BCUT2D eigenvalue weighted by Gasteiger charge is -2.21. The monoisotopic (exact) mass is 190 g/mol. The summed E-state index contributed by atoms with van der Waals surface area (Å²) in [4.78, 5) is 10.2. The minimum absolute atomic E-state index is 0.194. The molecule has 4 heteroatoms. The summed E-state index contributed by atoms with van der Waals surface area (Å²) < 4.78 is 5.45. The Morgan fingerprint density at radius 3 is 3.00 bits per heavy atom. The Kier molecular flexibility index (Phi) is 4.46. The summed E-state index contributed by atoms with van der Waals surface area (Å²) in [7, 11) is 0. The lowest BCUT2D eigenvalue weighted by molar-refractivity contribution is -0.133. The second-order valence-corrected chi connectivity index (χ2v) is 3.93. The number of rotatable bonds is 4. The van der Waals surface area contributed by atoms with Crippen molar-refractivity contribution in [2.24, 2.45) is 0 Å². The predicted molar refractivity (Wildman–Crippen MR) is 48.6 cm³/mol. The first-order valence-corrected chi connectivity index (χ1v) is 5.35. The smallest absolute Gasteiger partial charge is 0.313 e. The van der Waals surface area contributed by atoms with E-state index in [2.05, 4.69) is 0 Å². The number of hydrogen-bond acceptors (Lipinski definition) is 3. The molecule has 0 saturated carbocycles. The summed E-state index contributed by atoms with van der Waals surface area (Å²) in [5.74, 6) is 0.280. The summed E-state index contributed by atoms with van der Waals surface area (Å²) in [5.41, 5.74) is 0. The summed E-state index contributed by atoms with van der Waals surface area (Å²) in [5, 5.41) is 8.38. The van der Waals surface area contributed by atoms with Crippen LogP contribution in [0.15, 0.2) is 0 Å². The molecule has 0 radical (unpaired) electrons. The molecule has 12 heavy (non-hydrogen) atoms. The van der Waals surface area contributed by atoms with Crippen LogP contribution in [-0.4, -0.2) is 35.3 Å². The van der Waals surface area contributed by atoms with E-state index in [9.17, 15) is 4.79 Å². The lowest BCUT2D eigenvalue weighted by Crippen LogP contribution is -2.21. The Balaban J connectivity index is 2.01. The summed E-state index contributed by atoms with van der Waals surface area (Å²) >= 11 is 1.44. The molecule has 70 valence electrons. The Hall–Kier alpha value is -0.220. The van der Waals surface area contributed by atoms with Gasteiger partial charge in [0.15, 0.2) is 0 Å². The number of carboxylic acids is 1. The first-order chi connectivity index (χ1) is 5.79. The normalized spacial score (nSPS) is 23.8. The fourth-order valence-corrected chi connectivity index (χ4v) is 2.03. The molecule has 0 aromatic rings. The number of hydrogen-bond donors (Lipinski definition) is 1. The van der Waals surface area contributed by atoms with Gasteiger partial charge in [-0.15, -0.1) is 11.8 Å². The molecule has 0 unspecified atom stereocenters. The van der Waals surface area contributed by atoms with Crippen molar-refractivity contribution in [3.05, 3.63) is 0 Å². The van der Waals surface area contributed by atoms with E-state index in [1.165, 1.54) is 18.2 Å². The Morgan fingerprint density at radius 1 is 1.58 bits per heavy atom. The molecule has 1 fully saturated rings. The largest absolute Gasteiger partial charge is 0.481 e. The topological polar surface area (TPSA) is 46.5 Å². The van der Waals surface area contributed by atoms with E-state index < -0.39 is 5.97 Å². The SMILES string of the molecule is O=C(O)CSC[C@H]1CCCCO1. The number of carbonyl (C=O) groups is 1. The zero-order valence-electron chi connectivity index (χ0n) is 6.99. The average Bonchev–Trinajstić information content (AvgIpc) is 2.05. The molecule has 0 amide bonds. The molecule has 0 aromatic carbocycles. The first-order valence-electron chi connectivity index (χ1n) is 4.20. The van der Waals surface area contributed by atoms with E-state index >= 15 is 0 Å². The van der Waals surface area contributed by atoms with Crippen LogP contribution in [0.4, 0.5) is 0 Å². The van der Waals surface area contributed by atoms with Gasteiger partial charge in [0.25, 0.3) is 0 Å². The van der Waals surface area contributed by atoms with Gasteiger partial charge in [0.05, 0.1) is 11.9 Å². The van der Waals surface area contributed by atoms with Crippen molar-refractivity contribution in [1.82, 2.24) is 0 Å². The van der Waals surface area contributed by atoms with Crippen LogP contribution in [0.25, 0.3) is 0 Å². The molecule has 1 atom stereocenters. The third kappa shape index (κ3) is 3.97. The maximum Gasteiger partial charge on any atom is 0.313 e. The number of carboxylic acid groups (broad SMARTS) is 1. The van der Waals surface area contributed by atoms with Crippen molar-refractivity contribution in [1.29, 1.82) is 0 Å². The van der Waals surface area contributed by atoms with E-state index in [1.807, 2.05) is 0 Å². The van der Waals surface area contributed by atoms with E-state index in [4.69, 9.17) is 9.84 Å². The van der Waals surface area contributed by atoms with Gasteiger partial charge in [0, 0.05) is 12.4 Å². The van der Waals surface area contributed by atoms with Crippen LogP contribution in [0.3, 0.4) is 0 Å². The molecular formula is C8H14O3S. The third-order valence-corrected chi connectivity index (χ3v) is 2.86. The van der Waals surface area contributed by atoms with Crippen LogP contribution in [0.1, 0.15) is 19.3 Å². The van der Waals surface area contributed by atoms with Crippen molar-refractivity contribution in [3.8, 4) is 0 Å². The molecule has 1 saturated heterocycles. The highest BCUT2D eigenvalue weighted by Gasteiger charge is 2.13. The molecule has 0 spiro atoms. The van der Waals surface area contributed by atoms with Crippen molar-refractivity contribution in [2.45, 2.75) is 25.4 Å². The Bertz CT molecular complexity index is 143. The first kappa shape index (κ1) is 9.86. The van der Waals surface area contributed by atoms with Crippen molar-refractivity contribution < 1.29 is 14.6 Å². The summed E-state index contributed by atoms with van der Waals surface area (Å²) in [6.45, 7) is 0.846. The molecular weight excluding hydrogens is 176 g/mol. The van der Waals surface area contributed by atoms with Gasteiger partial charge in [-0.1, -0.05) is 0 Å². The van der Waals surface area contributed by atoms with Crippen LogP contribution in [0.2, 0.25) is 0 Å². The second kappa shape index (κ2) is 5.43. The minimum Gasteiger partial charge on any atom is -0.481 e. The quantitative estimate of drug-likeness (QED) is 0.727. The molecule has 1 aliphatic rings. The average molecular weight is 190 g/mol. The molecule has 0 bridgehead atoms. The van der Waals surface area contributed by atoms with E-state index in [0.717, 1.165) is 25.2 Å². The van der Waals surface area contributed by atoms with Gasteiger partial charge < -0.3 is 9.84 Å². The van der Waals surface area contributed by atoms with Crippen molar-refractivity contribution >= 4 is 17.7 Å². The maximum absolute atomic E-state index is 10.2. The van der Waals surface area contributed by atoms with Crippen LogP contribution in [0.5, 0.6) is 0 Å². The fraction of sp³-hybridized carbons (Fsp3) is 0.875. The summed E-state index contributed by atoms with van der Waals surface area (Å²) in [6, 6.07) is 0. The van der Waals surface area contributed by atoms with Gasteiger partial charge in [-0.2, -0.15) is 0 Å². The molecule has 1 heterocycles. The van der Waals surface area contributed by atoms with E-state index in [0.29, 0.717) is 6.10 Å². The van der Waals surface area contributed by atoms with Crippen LogP contribution < -0.4 is 0 Å². The zero-order valence-corrected chi connectivity index (χ0v) is 7.81. The zero-order chi connectivity index (χ0) is 8.81. The summed E-state index contributed by atoms with van der Waals surface area (Å²) in [6.07, 6.45) is 3.76. The van der Waals surface area contributed by atoms with Gasteiger partial charge in [-0.25, -0.2) is 0 Å². The second-order valence-electron chi connectivity index (χ2n) is 2.90. The molecule has 3 nitrogen and oxygen atoms in total. The van der Waals surface area contributed by atoms with Gasteiger partial charge in [0.1, 0.15) is 0 Å². The maximum atomic E-state index is 10.2. The lowest BCUT2D eigenvalue weighted by atomic mass is 10.1. The standard InChI is InChI=1S/C8H14O3S/c9-8(10)6-12-5-7-3-1-2-4-11-7/h7H,1-6H2,(H,9,10)/t7-/m1/s1. The molecule has 0 aliphatic carbocycles. The molecule has 1 aliphatic heterocycles. The van der Waals surface area contributed by atoms with Gasteiger partial charge in [0.2, 0.25) is 0 Å². The fourth-order valence-electron chi connectivity index (χ4n) is 1.22. The van der Waals surface area contributed by atoms with E-state index in [-0.39, 0.29) is 5.75 Å². The van der Waals surface area contributed by atoms with Crippen molar-refractivity contribution in [3.63, 3.8) is 0 Å². The molecule has 0 aromatic heterocycles. The minimum atomic E-state index is -0.740. The molecule has 1 rings (SSSR count). The predicted octanol–water partition coefficient (Wildman–Crippen LogP) is 1.37. The highest BCUT2D eigenvalue weighted by molar-refractivity contribution is 7.99. The Labute approximate surface area is 76.5 Å². The van der Waals surface area contributed by atoms with Crippen molar-refractivity contribution in [2.75, 3.05) is 18.1 Å². The number of aliphatic carboxylic acids is 1. The number of thioether (sulfide) groups is 1. The van der Waals surface area contributed by atoms with Gasteiger partial charge in [-0.05, 0) is 19.3 Å². The Morgan fingerprint density at radius 2 is 2.42 bits per heavy atom. The number of ether oxygens (including phenoxy) is 1. The van der Waals surface area contributed by atoms with Crippen LogP contribution in [-0.2, 0) is 9.53 Å². The highest BCUT2D eigenvalue weighted by Crippen LogP contribution is 2.16. The third-order valence-electron chi connectivity index (χ3n) is 1.80. The van der Waals surface area contributed by atoms with Crippen LogP contribution >= 0.6 is 11.8 Å². The highest BCUT2D eigenvalue weighted by atomic mass is 32.2. The van der Waals surface area contributed by atoms with Crippen LogP contribution in [0, 0.1) is 0 Å². The van der Waals surface area contributed by atoms with E-state index in [1.54, 1.807) is 0 Å². The van der Waals surface area contributed by atoms with Gasteiger partial charge >= 0.3 is 5.97 Å². The van der Waals surface area contributed by atoms with Gasteiger partial charge in [-0.3, -0.25) is 4.79 Å².